The third-order valence-electron chi connectivity index (χ3n) is 4.32. The molecule has 0 aliphatic carbocycles. The van der Waals surface area contributed by atoms with Crippen LogP contribution in [0.1, 0.15) is 21.6 Å². The number of fused-ring (bicyclic) bond motifs is 1. The average Bonchev–Trinajstić information content (AvgIpc) is 3.19. The zero-order chi connectivity index (χ0) is 19.3. The summed E-state index contributed by atoms with van der Waals surface area (Å²) in [5.41, 5.74) is 2.41. The Bertz CT molecular complexity index is 1010. The Hall–Kier alpha value is -3.61. The molecule has 0 bridgehead atoms. The lowest BCUT2D eigenvalue weighted by atomic mass is 10.2. The lowest BCUT2D eigenvalue weighted by Crippen LogP contribution is -2.23. The number of nitrogens with one attached hydrogen (secondary N) is 2. The van der Waals surface area contributed by atoms with Crippen LogP contribution in [0.15, 0.2) is 60.8 Å². The van der Waals surface area contributed by atoms with E-state index in [1.165, 1.54) is 6.07 Å². The Kier molecular flexibility index (Phi) is 5.05. The molecule has 3 aromatic rings. The number of rotatable bonds is 6. The van der Waals surface area contributed by atoms with E-state index >= 15 is 0 Å². The van der Waals surface area contributed by atoms with Gasteiger partial charge in [-0.1, -0.05) is 24.3 Å². The molecule has 2 heterocycles. The Morgan fingerprint density at radius 3 is 2.79 bits per heavy atom. The molecule has 142 valence electrons. The number of pyridine rings is 1. The van der Waals surface area contributed by atoms with Gasteiger partial charge in [-0.25, -0.2) is 4.39 Å². The number of hydrogen-bond acceptors (Lipinski definition) is 5. The van der Waals surface area contributed by atoms with Gasteiger partial charge in [-0.15, -0.1) is 0 Å². The molecule has 28 heavy (non-hydrogen) atoms. The number of carbonyl (C=O) groups is 1. The molecule has 2 aromatic carbocycles. The molecule has 6 nitrogen and oxygen atoms in total. The summed E-state index contributed by atoms with van der Waals surface area (Å²) in [5, 5.41) is 5.94. The van der Waals surface area contributed by atoms with Crippen molar-refractivity contribution in [3.05, 3.63) is 83.4 Å². The number of halogens is 1. The summed E-state index contributed by atoms with van der Waals surface area (Å²) < 4.78 is 24.3. The topological polar surface area (TPSA) is 72.5 Å². The first-order valence-corrected chi connectivity index (χ1v) is 8.79. The summed E-state index contributed by atoms with van der Waals surface area (Å²) >= 11 is 0. The van der Waals surface area contributed by atoms with Crippen LogP contribution in [0.2, 0.25) is 0 Å². The van der Waals surface area contributed by atoms with Crippen LogP contribution in [0.3, 0.4) is 0 Å². The molecule has 2 N–H and O–H groups in total. The van der Waals surface area contributed by atoms with Gasteiger partial charge in [0.15, 0.2) is 11.5 Å². The maximum atomic E-state index is 13.7. The standard InChI is InChI=1S/C21H18FN3O3/c22-17-4-2-1-3-15(17)12-24-16-7-8-23-18(10-16)21(26)25-11-14-5-6-19-20(9-14)28-13-27-19/h1-10H,11-13H2,(H,23,24)(H,25,26). The highest BCUT2D eigenvalue weighted by atomic mass is 19.1. The van der Waals surface area contributed by atoms with Gasteiger partial charge >= 0.3 is 0 Å². The summed E-state index contributed by atoms with van der Waals surface area (Å²) in [6.07, 6.45) is 1.54. The van der Waals surface area contributed by atoms with Crippen LogP contribution in [0.5, 0.6) is 11.5 Å². The van der Waals surface area contributed by atoms with Crippen LogP contribution < -0.4 is 20.1 Å². The smallest absolute Gasteiger partial charge is 0.270 e. The van der Waals surface area contributed by atoms with E-state index in [9.17, 15) is 9.18 Å². The minimum Gasteiger partial charge on any atom is -0.454 e. The zero-order valence-electron chi connectivity index (χ0n) is 14.9. The highest BCUT2D eigenvalue weighted by Gasteiger charge is 2.14. The summed E-state index contributed by atoms with van der Waals surface area (Å²) in [4.78, 5) is 16.5. The molecule has 0 spiro atoms. The van der Waals surface area contributed by atoms with E-state index in [0.717, 1.165) is 5.56 Å². The van der Waals surface area contributed by atoms with Crippen molar-refractivity contribution in [1.82, 2.24) is 10.3 Å². The van der Waals surface area contributed by atoms with E-state index in [4.69, 9.17) is 9.47 Å². The van der Waals surface area contributed by atoms with Gasteiger partial charge in [-0.05, 0) is 35.9 Å². The van der Waals surface area contributed by atoms with Crippen molar-refractivity contribution in [2.24, 2.45) is 0 Å². The fourth-order valence-electron chi connectivity index (χ4n) is 2.83. The summed E-state index contributed by atoms with van der Waals surface area (Å²) in [6.45, 7) is 0.862. The van der Waals surface area contributed by atoms with Gasteiger partial charge in [0.1, 0.15) is 11.5 Å². The number of nitrogens with zero attached hydrogens (tertiary/aromatic N) is 1. The molecule has 7 heteroatoms. The van der Waals surface area contributed by atoms with E-state index in [1.807, 2.05) is 18.2 Å². The van der Waals surface area contributed by atoms with E-state index in [0.29, 0.717) is 35.8 Å². The van der Waals surface area contributed by atoms with Crippen molar-refractivity contribution < 1.29 is 18.7 Å². The molecule has 0 unspecified atom stereocenters. The van der Waals surface area contributed by atoms with E-state index in [2.05, 4.69) is 15.6 Å². The van der Waals surface area contributed by atoms with Crippen LogP contribution in [0, 0.1) is 5.82 Å². The summed E-state index contributed by atoms with van der Waals surface area (Å²) in [7, 11) is 0. The van der Waals surface area contributed by atoms with Gasteiger partial charge in [0, 0.05) is 30.5 Å². The van der Waals surface area contributed by atoms with Crippen LogP contribution in [-0.4, -0.2) is 17.7 Å². The molecule has 1 aliphatic rings. The molecule has 0 fully saturated rings. The number of carbonyl (C=O) groups excluding carboxylic acids is 1. The molecule has 0 saturated carbocycles. The molecule has 1 amide bonds. The van der Waals surface area contributed by atoms with Gasteiger partial charge in [0.2, 0.25) is 6.79 Å². The van der Waals surface area contributed by atoms with Crippen LogP contribution in [-0.2, 0) is 13.1 Å². The fourth-order valence-corrected chi connectivity index (χ4v) is 2.83. The van der Waals surface area contributed by atoms with Gasteiger partial charge in [0.05, 0.1) is 0 Å². The lowest BCUT2D eigenvalue weighted by molar-refractivity contribution is 0.0946. The first-order valence-electron chi connectivity index (χ1n) is 8.79. The largest absolute Gasteiger partial charge is 0.454 e. The van der Waals surface area contributed by atoms with Crippen LogP contribution >= 0.6 is 0 Å². The van der Waals surface area contributed by atoms with Crippen LogP contribution in [0.4, 0.5) is 10.1 Å². The second kappa shape index (κ2) is 7.96. The average molecular weight is 379 g/mol. The van der Waals surface area contributed by atoms with Gasteiger partial charge in [-0.3, -0.25) is 9.78 Å². The predicted octanol–water partition coefficient (Wildman–Crippen LogP) is 3.49. The van der Waals surface area contributed by atoms with Crippen molar-refractivity contribution in [1.29, 1.82) is 0 Å². The summed E-state index contributed by atoms with van der Waals surface area (Å²) in [5.74, 6) is 0.799. The number of hydrogen-bond donors (Lipinski definition) is 2. The number of benzene rings is 2. The molecule has 0 saturated heterocycles. The molecule has 0 atom stereocenters. The Labute approximate surface area is 161 Å². The predicted molar refractivity (Wildman–Crippen MR) is 102 cm³/mol. The third-order valence-corrected chi connectivity index (χ3v) is 4.32. The van der Waals surface area contributed by atoms with Gasteiger partial charge in [0.25, 0.3) is 5.91 Å². The number of ether oxygens (including phenoxy) is 2. The highest BCUT2D eigenvalue weighted by Crippen LogP contribution is 2.32. The Balaban J connectivity index is 1.37. The second-order valence-corrected chi connectivity index (χ2v) is 6.25. The van der Waals surface area contributed by atoms with Gasteiger partial charge in [-0.2, -0.15) is 0 Å². The molecular weight excluding hydrogens is 361 g/mol. The van der Waals surface area contributed by atoms with E-state index in [-0.39, 0.29) is 24.2 Å². The minimum absolute atomic E-state index is 0.210. The fraction of sp³-hybridized carbons (Fsp3) is 0.143. The molecule has 0 radical (unpaired) electrons. The first kappa shape index (κ1) is 17.8. The SMILES string of the molecule is O=C(NCc1ccc2c(c1)OCO2)c1cc(NCc2ccccc2F)ccn1. The van der Waals surface area contributed by atoms with Crippen molar-refractivity contribution in [2.45, 2.75) is 13.1 Å². The zero-order valence-corrected chi connectivity index (χ0v) is 14.9. The number of aromatic nitrogens is 1. The summed E-state index contributed by atoms with van der Waals surface area (Å²) in [6, 6.07) is 15.4. The van der Waals surface area contributed by atoms with E-state index < -0.39 is 0 Å². The van der Waals surface area contributed by atoms with Crippen molar-refractivity contribution in [2.75, 3.05) is 12.1 Å². The monoisotopic (exact) mass is 379 g/mol. The maximum Gasteiger partial charge on any atom is 0.270 e. The maximum absolute atomic E-state index is 13.7. The molecule has 1 aromatic heterocycles. The van der Waals surface area contributed by atoms with Crippen molar-refractivity contribution in [3.63, 3.8) is 0 Å². The first-order chi connectivity index (χ1) is 13.7. The Morgan fingerprint density at radius 1 is 1.04 bits per heavy atom. The second-order valence-electron chi connectivity index (χ2n) is 6.25. The van der Waals surface area contributed by atoms with Crippen molar-refractivity contribution >= 4 is 11.6 Å². The third kappa shape index (κ3) is 4.03. The lowest BCUT2D eigenvalue weighted by Gasteiger charge is -2.09. The minimum atomic E-state index is -0.299. The van der Waals surface area contributed by atoms with Crippen molar-refractivity contribution in [3.8, 4) is 11.5 Å². The quantitative estimate of drug-likeness (QED) is 0.686. The molecule has 4 rings (SSSR count). The number of anilines is 1. The normalized spacial score (nSPS) is 11.9. The van der Waals surface area contributed by atoms with E-state index in [1.54, 1.807) is 36.5 Å². The number of amides is 1. The molecular formula is C21H18FN3O3. The van der Waals surface area contributed by atoms with Gasteiger partial charge < -0.3 is 20.1 Å². The van der Waals surface area contributed by atoms with Crippen LogP contribution in [0.25, 0.3) is 0 Å². The molecule has 1 aliphatic heterocycles. The Morgan fingerprint density at radius 2 is 1.89 bits per heavy atom. The highest BCUT2D eigenvalue weighted by molar-refractivity contribution is 5.93.